The SMILES string of the molecule is CN=C(NCCCOCC1CC1)NCCCC(=O)N1Cc2ccccc2C1.I. The van der Waals surface area contributed by atoms with E-state index in [-0.39, 0.29) is 29.9 Å². The van der Waals surface area contributed by atoms with E-state index in [9.17, 15) is 4.79 Å². The molecule has 1 fully saturated rings. The van der Waals surface area contributed by atoms with Crippen molar-refractivity contribution in [3.63, 3.8) is 0 Å². The first kappa shape index (κ1) is 22.9. The van der Waals surface area contributed by atoms with Gasteiger partial charge in [-0.3, -0.25) is 9.79 Å². The molecule has 1 amide bonds. The Kier molecular flexibility index (Phi) is 10.0. The van der Waals surface area contributed by atoms with E-state index in [1.165, 1.54) is 24.0 Å². The van der Waals surface area contributed by atoms with E-state index in [4.69, 9.17) is 4.74 Å². The van der Waals surface area contributed by atoms with E-state index in [1.54, 1.807) is 7.05 Å². The molecule has 0 saturated heterocycles. The number of carbonyl (C=O) groups excluding carboxylic acids is 1. The Morgan fingerprint density at radius 2 is 1.79 bits per heavy atom. The molecule has 2 aliphatic rings. The number of rotatable bonds is 10. The van der Waals surface area contributed by atoms with Crippen LogP contribution in [0.3, 0.4) is 0 Å². The van der Waals surface area contributed by atoms with Crippen LogP contribution in [0.2, 0.25) is 0 Å². The zero-order valence-corrected chi connectivity index (χ0v) is 19.1. The number of nitrogens with zero attached hydrogens (tertiary/aromatic N) is 2. The van der Waals surface area contributed by atoms with Crippen LogP contribution in [0.5, 0.6) is 0 Å². The van der Waals surface area contributed by atoms with Gasteiger partial charge in [-0.1, -0.05) is 24.3 Å². The molecule has 156 valence electrons. The highest BCUT2D eigenvalue weighted by atomic mass is 127. The number of carbonyl (C=O) groups is 1. The molecule has 1 saturated carbocycles. The summed E-state index contributed by atoms with van der Waals surface area (Å²) in [4.78, 5) is 18.6. The minimum atomic E-state index is 0. The maximum Gasteiger partial charge on any atom is 0.223 e. The number of hydrogen-bond donors (Lipinski definition) is 2. The average molecular weight is 500 g/mol. The lowest BCUT2D eigenvalue weighted by atomic mass is 10.1. The largest absolute Gasteiger partial charge is 0.381 e. The van der Waals surface area contributed by atoms with E-state index in [0.717, 1.165) is 64.1 Å². The van der Waals surface area contributed by atoms with Crippen molar-refractivity contribution >= 4 is 35.8 Å². The molecule has 7 heteroatoms. The van der Waals surface area contributed by atoms with Crippen LogP contribution in [-0.2, 0) is 22.6 Å². The molecule has 1 aliphatic carbocycles. The number of nitrogens with one attached hydrogen (secondary N) is 2. The van der Waals surface area contributed by atoms with Gasteiger partial charge in [-0.25, -0.2) is 0 Å². The standard InChI is InChI=1S/C21H32N4O2.HI/c1-22-21(24-12-5-13-27-16-17-9-10-17)23-11-4-8-20(26)25-14-18-6-2-3-7-19(18)15-25;/h2-3,6-7,17H,4-5,8-16H2,1H3,(H2,22,23,24);1H. The van der Waals surface area contributed by atoms with Gasteiger partial charge in [0.15, 0.2) is 5.96 Å². The predicted octanol–water partition coefficient (Wildman–Crippen LogP) is 2.91. The molecule has 2 N–H and O–H groups in total. The average Bonchev–Trinajstić information content (AvgIpc) is 3.41. The maximum atomic E-state index is 12.4. The smallest absolute Gasteiger partial charge is 0.223 e. The fourth-order valence-corrected chi connectivity index (χ4v) is 3.25. The number of fused-ring (bicyclic) bond motifs is 1. The van der Waals surface area contributed by atoms with Crippen molar-refractivity contribution < 1.29 is 9.53 Å². The first-order valence-electron chi connectivity index (χ1n) is 10.1. The molecule has 6 nitrogen and oxygen atoms in total. The Balaban J connectivity index is 0.00000280. The van der Waals surface area contributed by atoms with Crippen LogP contribution < -0.4 is 10.6 Å². The molecule has 1 aromatic rings. The zero-order chi connectivity index (χ0) is 18.9. The molecule has 1 heterocycles. The van der Waals surface area contributed by atoms with Gasteiger partial charge in [0.1, 0.15) is 0 Å². The fourth-order valence-electron chi connectivity index (χ4n) is 3.25. The van der Waals surface area contributed by atoms with Crippen LogP contribution in [0.15, 0.2) is 29.3 Å². The molecule has 0 aromatic heterocycles. The molecule has 28 heavy (non-hydrogen) atoms. The van der Waals surface area contributed by atoms with Crippen LogP contribution in [-0.4, -0.2) is 50.1 Å². The van der Waals surface area contributed by atoms with Gasteiger partial charge < -0.3 is 20.3 Å². The summed E-state index contributed by atoms with van der Waals surface area (Å²) in [5, 5.41) is 6.57. The second-order valence-corrected chi connectivity index (χ2v) is 7.42. The van der Waals surface area contributed by atoms with Crippen molar-refractivity contribution in [2.24, 2.45) is 10.9 Å². The van der Waals surface area contributed by atoms with Gasteiger partial charge in [-0.15, -0.1) is 24.0 Å². The molecular formula is C21H33IN4O2. The van der Waals surface area contributed by atoms with Gasteiger partial charge in [-0.05, 0) is 42.7 Å². The number of amides is 1. The Morgan fingerprint density at radius 1 is 1.14 bits per heavy atom. The van der Waals surface area contributed by atoms with Gasteiger partial charge in [0, 0.05) is 52.9 Å². The second kappa shape index (κ2) is 12.3. The summed E-state index contributed by atoms with van der Waals surface area (Å²) in [5.41, 5.74) is 2.55. The second-order valence-electron chi connectivity index (χ2n) is 7.42. The minimum absolute atomic E-state index is 0. The Bertz CT molecular complexity index is 624. The highest BCUT2D eigenvalue weighted by Gasteiger charge is 2.22. The van der Waals surface area contributed by atoms with Gasteiger partial charge in [0.2, 0.25) is 5.91 Å². The van der Waals surface area contributed by atoms with E-state index in [2.05, 4.69) is 27.8 Å². The van der Waals surface area contributed by atoms with Crippen molar-refractivity contribution in [1.29, 1.82) is 0 Å². The van der Waals surface area contributed by atoms with Gasteiger partial charge in [0.05, 0.1) is 0 Å². The lowest BCUT2D eigenvalue weighted by Gasteiger charge is -2.16. The first-order chi connectivity index (χ1) is 13.3. The number of aliphatic imine (C=N–C) groups is 1. The summed E-state index contributed by atoms with van der Waals surface area (Å²) in [6, 6.07) is 8.29. The molecule has 0 atom stereocenters. The quantitative estimate of drug-likeness (QED) is 0.225. The molecule has 0 spiro atoms. The Morgan fingerprint density at radius 3 is 2.39 bits per heavy atom. The number of guanidine groups is 1. The minimum Gasteiger partial charge on any atom is -0.381 e. The summed E-state index contributed by atoms with van der Waals surface area (Å²) >= 11 is 0. The lowest BCUT2D eigenvalue weighted by Crippen LogP contribution is -2.38. The summed E-state index contributed by atoms with van der Waals surface area (Å²) < 4.78 is 5.63. The van der Waals surface area contributed by atoms with Gasteiger partial charge in [0.25, 0.3) is 0 Å². The van der Waals surface area contributed by atoms with Crippen LogP contribution in [0.4, 0.5) is 0 Å². The zero-order valence-electron chi connectivity index (χ0n) is 16.8. The van der Waals surface area contributed by atoms with Crippen molar-refractivity contribution in [1.82, 2.24) is 15.5 Å². The number of benzene rings is 1. The maximum absolute atomic E-state index is 12.4. The molecular weight excluding hydrogens is 467 g/mol. The van der Waals surface area contributed by atoms with Crippen LogP contribution in [0.1, 0.15) is 43.2 Å². The van der Waals surface area contributed by atoms with E-state index >= 15 is 0 Å². The van der Waals surface area contributed by atoms with Crippen molar-refractivity contribution in [2.45, 2.75) is 45.2 Å². The fraction of sp³-hybridized carbons (Fsp3) is 0.619. The highest BCUT2D eigenvalue weighted by Crippen LogP contribution is 2.28. The third kappa shape index (κ3) is 7.58. The molecule has 0 bridgehead atoms. The van der Waals surface area contributed by atoms with E-state index < -0.39 is 0 Å². The van der Waals surface area contributed by atoms with Gasteiger partial charge >= 0.3 is 0 Å². The summed E-state index contributed by atoms with van der Waals surface area (Å²) in [6.45, 7) is 4.79. The first-order valence-corrected chi connectivity index (χ1v) is 10.1. The summed E-state index contributed by atoms with van der Waals surface area (Å²) in [7, 11) is 1.77. The third-order valence-electron chi connectivity index (χ3n) is 5.09. The number of hydrogen-bond acceptors (Lipinski definition) is 3. The number of ether oxygens (including phenoxy) is 1. The molecule has 1 aromatic carbocycles. The van der Waals surface area contributed by atoms with Crippen LogP contribution >= 0.6 is 24.0 Å². The molecule has 1 aliphatic heterocycles. The summed E-state index contributed by atoms with van der Waals surface area (Å²) in [5.74, 6) is 1.84. The normalized spacial score (nSPS) is 15.8. The van der Waals surface area contributed by atoms with E-state index in [0.29, 0.717) is 6.42 Å². The summed E-state index contributed by atoms with van der Waals surface area (Å²) in [6.07, 6.45) is 5.01. The predicted molar refractivity (Wildman–Crippen MR) is 123 cm³/mol. The third-order valence-corrected chi connectivity index (χ3v) is 5.09. The van der Waals surface area contributed by atoms with Crippen molar-refractivity contribution in [3.8, 4) is 0 Å². The number of halogens is 1. The molecule has 0 unspecified atom stereocenters. The van der Waals surface area contributed by atoms with Crippen molar-refractivity contribution in [2.75, 3.05) is 33.4 Å². The van der Waals surface area contributed by atoms with Crippen LogP contribution in [0.25, 0.3) is 0 Å². The lowest BCUT2D eigenvalue weighted by molar-refractivity contribution is -0.131. The Labute approximate surface area is 185 Å². The van der Waals surface area contributed by atoms with Crippen LogP contribution in [0, 0.1) is 5.92 Å². The van der Waals surface area contributed by atoms with Gasteiger partial charge in [-0.2, -0.15) is 0 Å². The monoisotopic (exact) mass is 500 g/mol. The van der Waals surface area contributed by atoms with E-state index in [1.807, 2.05) is 17.0 Å². The topological polar surface area (TPSA) is 66.0 Å². The van der Waals surface area contributed by atoms with Crippen molar-refractivity contribution in [3.05, 3.63) is 35.4 Å². The molecule has 0 radical (unpaired) electrons. The highest BCUT2D eigenvalue weighted by molar-refractivity contribution is 14.0. The Hall–Kier alpha value is -1.35. The molecule has 3 rings (SSSR count).